The Bertz CT molecular complexity index is 388. The van der Waals surface area contributed by atoms with Gasteiger partial charge in [-0.25, -0.2) is 8.42 Å². The smallest absolute Gasteiger partial charge is 0.150 e. The van der Waals surface area contributed by atoms with E-state index in [-0.39, 0.29) is 11.3 Å². The Labute approximate surface area is 105 Å². The Balaban J connectivity index is 1.98. The molecule has 0 heterocycles. The fourth-order valence-corrected chi connectivity index (χ4v) is 4.60. The Morgan fingerprint density at radius 3 is 2.35 bits per heavy atom. The van der Waals surface area contributed by atoms with Crippen molar-refractivity contribution >= 4 is 9.84 Å². The average Bonchev–Trinajstić information content (AvgIpc) is 2.86. The maximum absolute atomic E-state index is 11.6. The molecule has 2 N–H and O–H groups in total. The first-order chi connectivity index (χ1) is 7.72. The van der Waals surface area contributed by atoms with Crippen LogP contribution in [0.5, 0.6) is 0 Å². The van der Waals surface area contributed by atoms with Crippen LogP contribution in [0.25, 0.3) is 0 Å². The van der Waals surface area contributed by atoms with Crippen LogP contribution >= 0.6 is 0 Å². The summed E-state index contributed by atoms with van der Waals surface area (Å²) in [4.78, 5) is 0. The van der Waals surface area contributed by atoms with E-state index in [4.69, 9.17) is 5.73 Å². The number of nitrogens with two attached hydrogens (primary N) is 1. The van der Waals surface area contributed by atoms with E-state index in [1.54, 1.807) is 0 Å². The summed E-state index contributed by atoms with van der Waals surface area (Å²) in [6, 6.07) is 0.203. The van der Waals surface area contributed by atoms with E-state index in [9.17, 15) is 8.42 Å². The Hall–Kier alpha value is -0.0900. The molecule has 0 amide bonds. The molecule has 2 rings (SSSR count). The SMILES string of the molecule is CC1(C)CC1C(N)C1CCCC(S(C)(=O)=O)C1. The van der Waals surface area contributed by atoms with Crippen molar-refractivity contribution in [3.63, 3.8) is 0 Å². The first kappa shape index (κ1) is 13.3. The van der Waals surface area contributed by atoms with Gasteiger partial charge in [-0.3, -0.25) is 0 Å². The van der Waals surface area contributed by atoms with Gasteiger partial charge in [0, 0.05) is 12.3 Å². The third-order valence-corrected chi connectivity index (χ3v) is 6.51. The fraction of sp³-hybridized carbons (Fsp3) is 1.00. The largest absolute Gasteiger partial charge is 0.327 e. The lowest BCUT2D eigenvalue weighted by molar-refractivity contribution is 0.271. The van der Waals surface area contributed by atoms with E-state index in [1.807, 2.05) is 0 Å². The zero-order valence-electron chi connectivity index (χ0n) is 11.1. The monoisotopic (exact) mass is 259 g/mol. The lowest BCUT2D eigenvalue weighted by Crippen LogP contribution is -2.39. The summed E-state index contributed by atoms with van der Waals surface area (Å²) in [6.07, 6.45) is 6.31. The molecule has 2 aliphatic carbocycles. The minimum Gasteiger partial charge on any atom is -0.327 e. The molecule has 0 bridgehead atoms. The normalized spacial score (nSPS) is 38.7. The molecule has 17 heavy (non-hydrogen) atoms. The predicted octanol–water partition coefficient (Wildman–Crippen LogP) is 1.96. The molecule has 0 radical (unpaired) electrons. The van der Waals surface area contributed by atoms with Crippen LogP contribution in [-0.4, -0.2) is 26.0 Å². The highest BCUT2D eigenvalue weighted by Crippen LogP contribution is 2.55. The van der Waals surface area contributed by atoms with Crippen LogP contribution < -0.4 is 5.73 Å². The maximum atomic E-state index is 11.6. The standard InChI is InChI=1S/C13H25NO2S/c1-13(2)8-11(13)12(14)9-5-4-6-10(7-9)17(3,15)16/h9-12H,4-8,14H2,1-3H3. The lowest BCUT2D eigenvalue weighted by Gasteiger charge is -2.32. The van der Waals surface area contributed by atoms with Crippen molar-refractivity contribution in [3.05, 3.63) is 0 Å². The third-order valence-electron chi connectivity index (χ3n) is 4.87. The van der Waals surface area contributed by atoms with E-state index >= 15 is 0 Å². The molecule has 0 saturated heterocycles. The summed E-state index contributed by atoms with van der Waals surface area (Å²) in [5.41, 5.74) is 6.73. The van der Waals surface area contributed by atoms with Crippen molar-refractivity contribution in [3.8, 4) is 0 Å². The number of sulfone groups is 1. The molecule has 4 atom stereocenters. The summed E-state index contributed by atoms with van der Waals surface area (Å²) in [6.45, 7) is 4.52. The summed E-state index contributed by atoms with van der Waals surface area (Å²) in [7, 11) is -2.88. The van der Waals surface area contributed by atoms with Crippen LogP contribution in [0, 0.1) is 17.3 Å². The average molecular weight is 259 g/mol. The fourth-order valence-electron chi connectivity index (χ4n) is 3.41. The zero-order valence-corrected chi connectivity index (χ0v) is 12.0. The van der Waals surface area contributed by atoms with Gasteiger partial charge in [-0.15, -0.1) is 0 Å². The Morgan fingerprint density at radius 2 is 1.88 bits per heavy atom. The van der Waals surface area contributed by atoms with Crippen LogP contribution in [0.3, 0.4) is 0 Å². The van der Waals surface area contributed by atoms with Crippen LogP contribution in [0.4, 0.5) is 0 Å². The van der Waals surface area contributed by atoms with Crippen molar-refractivity contribution in [2.24, 2.45) is 23.0 Å². The van der Waals surface area contributed by atoms with Gasteiger partial charge in [-0.1, -0.05) is 20.3 Å². The predicted molar refractivity (Wildman–Crippen MR) is 70.5 cm³/mol. The molecule has 100 valence electrons. The van der Waals surface area contributed by atoms with E-state index < -0.39 is 9.84 Å². The van der Waals surface area contributed by atoms with Gasteiger partial charge in [-0.05, 0) is 42.9 Å². The minimum absolute atomic E-state index is 0.144. The highest BCUT2D eigenvalue weighted by Gasteiger charge is 2.51. The topological polar surface area (TPSA) is 60.2 Å². The maximum Gasteiger partial charge on any atom is 0.150 e. The molecule has 3 nitrogen and oxygen atoms in total. The second-order valence-electron chi connectivity index (χ2n) is 6.75. The summed E-state index contributed by atoms with van der Waals surface area (Å²) in [5.74, 6) is 1.01. The van der Waals surface area contributed by atoms with Crippen molar-refractivity contribution in [2.45, 2.75) is 57.2 Å². The van der Waals surface area contributed by atoms with Crippen molar-refractivity contribution in [2.75, 3.05) is 6.26 Å². The third kappa shape index (κ3) is 2.84. The molecule has 0 aromatic rings. The van der Waals surface area contributed by atoms with Gasteiger partial charge in [0.15, 0.2) is 0 Å². The van der Waals surface area contributed by atoms with Gasteiger partial charge >= 0.3 is 0 Å². The Kier molecular flexibility index (Phi) is 3.32. The molecule has 0 aromatic heterocycles. The van der Waals surface area contributed by atoms with E-state index in [0.29, 0.717) is 17.3 Å². The van der Waals surface area contributed by atoms with Crippen LogP contribution in [0.1, 0.15) is 46.0 Å². The Morgan fingerprint density at radius 1 is 1.29 bits per heavy atom. The molecular weight excluding hydrogens is 234 g/mol. The van der Waals surface area contributed by atoms with Crippen molar-refractivity contribution < 1.29 is 8.42 Å². The van der Waals surface area contributed by atoms with Crippen LogP contribution in [-0.2, 0) is 9.84 Å². The molecule has 4 heteroatoms. The van der Waals surface area contributed by atoms with Gasteiger partial charge < -0.3 is 5.73 Å². The number of hydrogen-bond donors (Lipinski definition) is 1. The van der Waals surface area contributed by atoms with Gasteiger partial charge in [0.2, 0.25) is 0 Å². The summed E-state index contributed by atoms with van der Waals surface area (Å²) in [5, 5.41) is -0.144. The minimum atomic E-state index is -2.88. The van der Waals surface area contributed by atoms with Crippen LogP contribution in [0.15, 0.2) is 0 Å². The van der Waals surface area contributed by atoms with Gasteiger partial charge in [-0.2, -0.15) is 0 Å². The first-order valence-corrected chi connectivity index (χ1v) is 8.62. The lowest BCUT2D eigenvalue weighted by atomic mass is 9.81. The second-order valence-corrected chi connectivity index (χ2v) is 9.08. The van der Waals surface area contributed by atoms with E-state index in [0.717, 1.165) is 25.7 Å². The number of hydrogen-bond acceptors (Lipinski definition) is 3. The van der Waals surface area contributed by atoms with Gasteiger partial charge in [0.1, 0.15) is 9.84 Å². The highest BCUT2D eigenvalue weighted by molar-refractivity contribution is 7.91. The van der Waals surface area contributed by atoms with Crippen molar-refractivity contribution in [1.82, 2.24) is 0 Å². The van der Waals surface area contributed by atoms with Crippen LogP contribution in [0.2, 0.25) is 0 Å². The molecule has 0 spiro atoms. The highest BCUT2D eigenvalue weighted by atomic mass is 32.2. The molecule has 0 aromatic carbocycles. The van der Waals surface area contributed by atoms with Gasteiger partial charge in [0.05, 0.1) is 5.25 Å². The van der Waals surface area contributed by atoms with Crippen molar-refractivity contribution in [1.29, 1.82) is 0 Å². The zero-order chi connectivity index (χ0) is 12.8. The number of rotatable bonds is 3. The summed E-state index contributed by atoms with van der Waals surface area (Å²) < 4.78 is 23.3. The molecule has 2 aliphatic rings. The molecule has 2 saturated carbocycles. The molecular formula is C13H25NO2S. The van der Waals surface area contributed by atoms with E-state index in [1.165, 1.54) is 12.7 Å². The van der Waals surface area contributed by atoms with Gasteiger partial charge in [0.25, 0.3) is 0 Å². The van der Waals surface area contributed by atoms with E-state index in [2.05, 4.69) is 13.8 Å². The molecule has 4 unspecified atom stereocenters. The first-order valence-electron chi connectivity index (χ1n) is 6.66. The summed E-state index contributed by atoms with van der Waals surface area (Å²) >= 11 is 0. The molecule has 2 fully saturated rings. The quantitative estimate of drug-likeness (QED) is 0.843. The second kappa shape index (κ2) is 4.23. The molecule has 0 aliphatic heterocycles.